The lowest BCUT2D eigenvalue weighted by Gasteiger charge is -2.33. The Kier molecular flexibility index (Phi) is 6.79. The minimum atomic E-state index is -0.442. The van der Waals surface area contributed by atoms with Gasteiger partial charge in [-0.05, 0) is 23.6 Å². The first kappa shape index (κ1) is 20.9. The number of amides is 2. The van der Waals surface area contributed by atoms with Crippen molar-refractivity contribution < 1.29 is 9.59 Å². The molecule has 1 fully saturated rings. The molecule has 0 saturated carbocycles. The van der Waals surface area contributed by atoms with E-state index in [0.29, 0.717) is 19.6 Å². The molecule has 6 heteroatoms. The molecule has 3 N–H and O–H groups in total. The number of hydrogen-bond acceptors (Lipinski definition) is 3. The Labute approximate surface area is 182 Å². The van der Waals surface area contributed by atoms with Gasteiger partial charge in [-0.15, -0.1) is 0 Å². The number of fused-ring (bicyclic) bond motifs is 1. The summed E-state index contributed by atoms with van der Waals surface area (Å²) in [6.07, 6.45) is 7.00. The maximum absolute atomic E-state index is 12.5. The van der Waals surface area contributed by atoms with E-state index < -0.39 is 6.04 Å². The first-order valence-electron chi connectivity index (χ1n) is 10.8. The van der Waals surface area contributed by atoms with E-state index in [2.05, 4.69) is 32.7 Å². The van der Waals surface area contributed by atoms with Gasteiger partial charge in [-0.25, -0.2) is 0 Å². The van der Waals surface area contributed by atoms with Crippen LogP contribution in [0.4, 0.5) is 0 Å². The largest absolute Gasteiger partial charge is 0.361 e. The molecule has 0 bridgehead atoms. The van der Waals surface area contributed by atoms with E-state index in [1.165, 1.54) is 10.9 Å². The monoisotopic (exact) mass is 416 g/mol. The van der Waals surface area contributed by atoms with Crippen molar-refractivity contribution in [2.45, 2.75) is 18.9 Å². The smallest absolute Gasteiger partial charge is 0.237 e. The van der Waals surface area contributed by atoms with Crippen molar-refractivity contribution in [3.63, 3.8) is 0 Å². The highest BCUT2D eigenvalue weighted by molar-refractivity contribution is 5.89. The molecule has 0 aliphatic carbocycles. The van der Waals surface area contributed by atoms with Crippen LogP contribution in [-0.4, -0.2) is 53.9 Å². The highest BCUT2D eigenvalue weighted by Crippen LogP contribution is 2.17. The number of benzene rings is 2. The van der Waals surface area contributed by atoms with E-state index >= 15 is 0 Å². The molecule has 6 nitrogen and oxygen atoms in total. The van der Waals surface area contributed by atoms with Gasteiger partial charge in [0, 0.05) is 43.3 Å². The van der Waals surface area contributed by atoms with E-state index in [1.54, 1.807) is 0 Å². The number of nitrogens with zero attached hydrogens (tertiary/aromatic N) is 1. The molecule has 0 spiro atoms. The Balaban J connectivity index is 1.29. The number of para-hydroxylation sites is 1. The summed E-state index contributed by atoms with van der Waals surface area (Å²) in [5, 5.41) is 7.04. The summed E-state index contributed by atoms with van der Waals surface area (Å²) in [5.41, 5.74) is 3.40. The topological polar surface area (TPSA) is 77.2 Å². The van der Waals surface area contributed by atoms with Crippen molar-refractivity contribution in [1.82, 2.24) is 20.5 Å². The van der Waals surface area contributed by atoms with Crippen LogP contribution in [0.5, 0.6) is 0 Å². The molecule has 0 radical (unpaired) electrons. The number of H-pyrrole nitrogens is 1. The van der Waals surface area contributed by atoms with Crippen molar-refractivity contribution in [2.24, 2.45) is 0 Å². The van der Waals surface area contributed by atoms with Crippen molar-refractivity contribution in [2.75, 3.05) is 26.2 Å². The van der Waals surface area contributed by atoms with Crippen LogP contribution < -0.4 is 10.6 Å². The van der Waals surface area contributed by atoms with Crippen LogP contribution in [0.3, 0.4) is 0 Å². The van der Waals surface area contributed by atoms with Crippen LogP contribution in [0.1, 0.15) is 17.5 Å². The zero-order valence-electron chi connectivity index (χ0n) is 17.5. The van der Waals surface area contributed by atoms with Gasteiger partial charge in [0.25, 0.3) is 0 Å². The predicted octanol–water partition coefficient (Wildman–Crippen LogP) is 2.73. The third-order valence-electron chi connectivity index (χ3n) is 5.66. The SMILES string of the molecule is O=C(CC1C(=O)NCCN1C/C=C/c1ccccc1)NCCc1c[nH]c2ccccc12. The molecule has 31 heavy (non-hydrogen) atoms. The molecule has 4 rings (SSSR count). The average molecular weight is 417 g/mol. The van der Waals surface area contributed by atoms with E-state index in [9.17, 15) is 9.59 Å². The third-order valence-corrected chi connectivity index (χ3v) is 5.66. The molecule has 1 unspecified atom stereocenters. The third kappa shape index (κ3) is 5.41. The maximum atomic E-state index is 12.5. The lowest BCUT2D eigenvalue weighted by Crippen LogP contribution is -2.56. The van der Waals surface area contributed by atoms with Crippen LogP contribution in [0.25, 0.3) is 17.0 Å². The number of rotatable bonds is 8. The van der Waals surface area contributed by atoms with Crippen molar-refractivity contribution >= 4 is 28.8 Å². The van der Waals surface area contributed by atoms with E-state index in [0.717, 1.165) is 24.0 Å². The van der Waals surface area contributed by atoms with Crippen LogP contribution in [0.15, 0.2) is 66.9 Å². The summed E-state index contributed by atoms with van der Waals surface area (Å²) in [5.74, 6) is -0.176. The number of piperazine rings is 1. The van der Waals surface area contributed by atoms with Gasteiger partial charge in [-0.2, -0.15) is 0 Å². The second-order valence-electron chi connectivity index (χ2n) is 7.78. The minimum absolute atomic E-state index is 0.0776. The summed E-state index contributed by atoms with van der Waals surface area (Å²) in [6.45, 7) is 2.52. The molecular weight excluding hydrogens is 388 g/mol. The summed E-state index contributed by atoms with van der Waals surface area (Å²) in [6, 6.07) is 17.8. The zero-order valence-corrected chi connectivity index (χ0v) is 17.5. The quantitative estimate of drug-likeness (QED) is 0.528. The van der Waals surface area contributed by atoms with E-state index in [1.807, 2.05) is 60.8 Å². The number of aromatic amines is 1. The number of carbonyl (C=O) groups excluding carboxylic acids is 2. The molecule has 2 aromatic carbocycles. The molecule has 1 aromatic heterocycles. The minimum Gasteiger partial charge on any atom is -0.361 e. The Bertz CT molecular complexity index is 1060. The second kappa shape index (κ2) is 10.1. The number of nitrogens with one attached hydrogen (secondary N) is 3. The van der Waals surface area contributed by atoms with Crippen molar-refractivity contribution in [1.29, 1.82) is 0 Å². The molecule has 1 saturated heterocycles. The Morgan fingerprint density at radius 3 is 2.81 bits per heavy atom. The van der Waals surface area contributed by atoms with Gasteiger partial charge in [0.05, 0.1) is 12.5 Å². The molecule has 1 atom stereocenters. The molecule has 1 aliphatic rings. The lowest BCUT2D eigenvalue weighted by molar-refractivity contribution is -0.133. The number of hydrogen-bond donors (Lipinski definition) is 3. The van der Waals surface area contributed by atoms with Crippen LogP contribution in [-0.2, 0) is 16.0 Å². The Morgan fingerprint density at radius 1 is 1.13 bits per heavy atom. The highest BCUT2D eigenvalue weighted by atomic mass is 16.2. The van der Waals surface area contributed by atoms with Gasteiger partial charge in [-0.3, -0.25) is 14.5 Å². The number of carbonyl (C=O) groups is 2. The first-order valence-corrected chi connectivity index (χ1v) is 10.8. The normalized spacial score (nSPS) is 17.2. The fourth-order valence-corrected chi connectivity index (χ4v) is 4.01. The van der Waals surface area contributed by atoms with Crippen molar-refractivity contribution in [3.05, 3.63) is 78.0 Å². The molecular formula is C25H28N4O2. The van der Waals surface area contributed by atoms with Gasteiger partial charge < -0.3 is 15.6 Å². The molecule has 1 aliphatic heterocycles. The summed E-state index contributed by atoms with van der Waals surface area (Å²) in [7, 11) is 0. The summed E-state index contributed by atoms with van der Waals surface area (Å²) < 4.78 is 0. The molecule has 2 heterocycles. The molecule has 160 valence electrons. The molecule has 3 aromatic rings. The van der Waals surface area contributed by atoms with Gasteiger partial charge >= 0.3 is 0 Å². The molecule has 2 amide bonds. The maximum Gasteiger partial charge on any atom is 0.237 e. The Morgan fingerprint density at radius 2 is 1.94 bits per heavy atom. The summed E-state index contributed by atoms with van der Waals surface area (Å²) >= 11 is 0. The number of aromatic nitrogens is 1. The zero-order chi connectivity index (χ0) is 21.5. The van der Waals surface area contributed by atoms with Gasteiger partial charge in [-0.1, -0.05) is 60.7 Å². The van der Waals surface area contributed by atoms with Crippen molar-refractivity contribution in [3.8, 4) is 0 Å². The van der Waals surface area contributed by atoms with Gasteiger partial charge in [0.1, 0.15) is 0 Å². The lowest BCUT2D eigenvalue weighted by atomic mass is 10.1. The van der Waals surface area contributed by atoms with Gasteiger partial charge in [0.15, 0.2) is 0 Å². The van der Waals surface area contributed by atoms with Gasteiger partial charge in [0.2, 0.25) is 11.8 Å². The average Bonchev–Trinajstić information content (AvgIpc) is 3.20. The fourth-order valence-electron chi connectivity index (χ4n) is 4.01. The Hall–Kier alpha value is -3.38. The predicted molar refractivity (Wildman–Crippen MR) is 123 cm³/mol. The van der Waals surface area contributed by atoms with E-state index in [4.69, 9.17) is 0 Å². The van der Waals surface area contributed by atoms with E-state index in [-0.39, 0.29) is 18.2 Å². The van der Waals surface area contributed by atoms with Crippen LogP contribution in [0, 0.1) is 0 Å². The van der Waals surface area contributed by atoms with Crippen LogP contribution >= 0.6 is 0 Å². The standard InChI is InChI=1S/C25H28N4O2/c30-24(26-13-12-20-18-28-22-11-5-4-10-21(20)22)17-23-25(31)27-14-16-29(23)15-6-9-19-7-2-1-3-8-19/h1-11,18,23,28H,12-17H2,(H,26,30)(H,27,31)/b9-6+. The fraction of sp³-hybridized carbons (Fsp3) is 0.280. The van der Waals surface area contributed by atoms with Crippen LogP contribution in [0.2, 0.25) is 0 Å². The highest BCUT2D eigenvalue weighted by Gasteiger charge is 2.30. The first-order chi connectivity index (χ1) is 15.2. The second-order valence-corrected chi connectivity index (χ2v) is 7.78. The summed E-state index contributed by atoms with van der Waals surface area (Å²) in [4.78, 5) is 30.3.